The van der Waals surface area contributed by atoms with Crippen LogP contribution in [0.5, 0.6) is 0 Å². The van der Waals surface area contributed by atoms with Crippen LogP contribution in [-0.4, -0.2) is 59.0 Å². The molecule has 2 fully saturated rings. The van der Waals surface area contributed by atoms with Gasteiger partial charge in [0.15, 0.2) is 0 Å². The lowest BCUT2D eigenvalue weighted by atomic mass is 10.0. The van der Waals surface area contributed by atoms with Crippen LogP contribution in [0.4, 0.5) is 0 Å². The molecule has 5 heteroatoms. The summed E-state index contributed by atoms with van der Waals surface area (Å²) < 4.78 is 0. The zero-order valence-electron chi connectivity index (χ0n) is 11.5. The average molecular weight is 268 g/mol. The van der Waals surface area contributed by atoms with Gasteiger partial charge < -0.3 is 14.9 Å². The summed E-state index contributed by atoms with van der Waals surface area (Å²) in [5.41, 5.74) is 0. The van der Waals surface area contributed by atoms with E-state index < -0.39 is 5.97 Å². The number of rotatable bonds is 5. The quantitative estimate of drug-likeness (QED) is 0.817. The lowest BCUT2D eigenvalue weighted by Gasteiger charge is -2.36. The highest BCUT2D eigenvalue weighted by Gasteiger charge is 2.27. The molecule has 1 N–H and O–H groups in total. The van der Waals surface area contributed by atoms with E-state index >= 15 is 0 Å². The average Bonchev–Trinajstić information content (AvgIpc) is 2.92. The van der Waals surface area contributed by atoms with Crippen molar-refractivity contribution in [3.05, 3.63) is 0 Å². The highest BCUT2D eigenvalue weighted by molar-refractivity contribution is 5.77. The van der Waals surface area contributed by atoms with Gasteiger partial charge in [-0.15, -0.1) is 0 Å². The number of aliphatic carboxylic acids is 1. The Bertz CT molecular complexity index is 319. The Balaban J connectivity index is 1.67. The molecule has 0 bridgehead atoms. The minimum atomic E-state index is -0.819. The van der Waals surface area contributed by atoms with E-state index in [9.17, 15) is 9.59 Å². The molecule has 2 saturated heterocycles. The van der Waals surface area contributed by atoms with Crippen LogP contribution in [0.25, 0.3) is 0 Å². The van der Waals surface area contributed by atoms with Crippen LogP contribution in [0, 0.1) is 0 Å². The van der Waals surface area contributed by atoms with E-state index in [2.05, 4.69) is 4.90 Å². The molecule has 2 aliphatic heterocycles. The molecule has 108 valence electrons. The van der Waals surface area contributed by atoms with Gasteiger partial charge in [-0.2, -0.15) is 0 Å². The predicted molar refractivity (Wildman–Crippen MR) is 71.9 cm³/mol. The summed E-state index contributed by atoms with van der Waals surface area (Å²) in [7, 11) is 0. The van der Waals surface area contributed by atoms with Crippen LogP contribution in [-0.2, 0) is 9.59 Å². The second-order valence-corrected chi connectivity index (χ2v) is 5.60. The third-order valence-corrected chi connectivity index (χ3v) is 4.26. The van der Waals surface area contributed by atoms with Crippen LogP contribution < -0.4 is 0 Å². The maximum Gasteiger partial charge on any atom is 0.303 e. The normalized spacial score (nSPS) is 21.8. The molecule has 0 aromatic heterocycles. The molecule has 0 saturated carbocycles. The summed E-state index contributed by atoms with van der Waals surface area (Å²) in [4.78, 5) is 26.8. The van der Waals surface area contributed by atoms with E-state index in [1.807, 2.05) is 4.90 Å². The minimum absolute atomic E-state index is 0.0932. The first-order valence-electron chi connectivity index (χ1n) is 7.40. The zero-order chi connectivity index (χ0) is 13.7. The molecular formula is C14H24N2O3. The molecule has 0 atom stereocenters. The van der Waals surface area contributed by atoms with E-state index in [1.54, 1.807) is 0 Å². The van der Waals surface area contributed by atoms with E-state index in [1.165, 1.54) is 25.9 Å². The van der Waals surface area contributed by atoms with Gasteiger partial charge in [0, 0.05) is 32.0 Å². The molecule has 5 nitrogen and oxygen atoms in total. The Labute approximate surface area is 114 Å². The molecule has 19 heavy (non-hydrogen) atoms. The van der Waals surface area contributed by atoms with Crippen molar-refractivity contribution in [1.29, 1.82) is 0 Å². The molecule has 0 aromatic carbocycles. The third kappa shape index (κ3) is 4.20. The minimum Gasteiger partial charge on any atom is -0.481 e. The van der Waals surface area contributed by atoms with Gasteiger partial charge in [0.2, 0.25) is 5.91 Å². The van der Waals surface area contributed by atoms with Gasteiger partial charge in [-0.3, -0.25) is 9.59 Å². The molecule has 2 aliphatic rings. The van der Waals surface area contributed by atoms with E-state index in [4.69, 9.17) is 5.11 Å². The first-order valence-corrected chi connectivity index (χ1v) is 7.40. The van der Waals surface area contributed by atoms with Gasteiger partial charge in [-0.25, -0.2) is 0 Å². The Kier molecular flexibility index (Phi) is 5.19. The fourth-order valence-electron chi connectivity index (χ4n) is 3.14. The standard InChI is InChI=1S/C14H24N2O3/c17-13(4-3-5-14(18)19)16-10-6-12(7-11-16)15-8-1-2-9-15/h12H,1-11H2,(H,18,19). The maximum absolute atomic E-state index is 11.9. The van der Waals surface area contributed by atoms with E-state index in [-0.39, 0.29) is 12.3 Å². The van der Waals surface area contributed by atoms with Crippen molar-refractivity contribution in [2.75, 3.05) is 26.2 Å². The highest BCUT2D eigenvalue weighted by Crippen LogP contribution is 2.21. The summed E-state index contributed by atoms with van der Waals surface area (Å²) in [6, 6.07) is 0.658. The number of piperidine rings is 1. The molecule has 0 unspecified atom stereocenters. The fourth-order valence-corrected chi connectivity index (χ4v) is 3.14. The van der Waals surface area contributed by atoms with Crippen molar-refractivity contribution in [1.82, 2.24) is 9.80 Å². The SMILES string of the molecule is O=C(O)CCCC(=O)N1CCC(N2CCCC2)CC1. The molecule has 2 heterocycles. The van der Waals surface area contributed by atoms with Gasteiger partial charge in [0.05, 0.1) is 0 Å². The predicted octanol–water partition coefficient (Wildman–Crippen LogP) is 1.33. The number of carboxylic acid groups (broad SMARTS) is 1. The number of carbonyl (C=O) groups is 2. The Morgan fingerprint density at radius 3 is 2.21 bits per heavy atom. The van der Waals surface area contributed by atoms with Crippen LogP contribution in [0.2, 0.25) is 0 Å². The van der Waals surface area contributed by atoms with Gasteiger partial charge in [0.1, 0.15) is 0 Å². The van der Waals surface area contributed by atoms with Crippen molar-refractivity contribution in [3.8, 4) is 0 Å². The molecule has 0 aromatic rings. The fraction of sp³-hybridized carbons (Fsp3) is 0.857. The smallest absolute Gasteiger partial charge is 0.303 e. The number of hydrogen-bond donors (Lipinski definition) is 1. The summed E-state index contributed by atoms with van der Waals surface area (Å²) in [5.74, 6) is -0.693. The maximum atomic E-state index is 11.9. The number of likely N-dealkylation sites (tertiary alicyclic amines) is 2. The third-order valence-electron chi connectivity index (χ3n) is 4.26. The van der Waals surface area contributed by atoms with Gasteiger partial charge in [-0.1, -0.05) is 0 Å². The monoisotopic (exact) mass is 268 g/mol. The molecule has 0 spiro atoms. The van der Waals surface area contributed by atoms with Crippen molar-refractivity contribution < 1.29 is 14.7 Å². The number of hydrogen-bond acceptors (Lipinski definition) is 3. The Hall–Kier alpha value is -1.10. The van der Waals surface area contributed by atoms with Crippen molar-refractivity contribution >= 4 is 11.9 Å². The van der Waals surface area contributed by atoms with Crippen LogP contribution in [0.15, 0.2) is 0 Å². The topological polar surface area (TPSA) is 60.9 Å². The van der Waals surface area contributed by atoms with Crippen molar-refractivity contribution in [3.63, 3.8) is 0 Å². The molecular weight excluding hydrogens is 244 g/mol. The summed E-state index contributed by atoms with van der Waals surface area (Å²) in [5, 5.41) is 8.56. The van der Waals surface area contributed by atoms with Crippen LogP contribution in [0.3, 0.4) is 0 Å². The molecule has 1 amide bonds. The first kappa shape index (κ1) is 14.3. The first-order chi connectivity index (χ1) is 9.16. The van der Waals surface area contributed by atoms with Gasteiger partial charge >= 0.3 is 5.97 Å². The summed E-state index contributed by atoms with van der Waals surface area (Å²) in [6.07, 6.45) is 5.70. The van der Waals surface area contributed by atoms with E-state index in [0.29, 0.717) is 18.9 Å². The Morgan fingerprint density at radius 2 is 1.63 bits per heavy atom. The van der Waals surface area contributed by atoms with E-state index in [0.717, 1.165) is 25.9 Å². The molecule has 0 radical (unpaired) electrons. The summed E-state index contributed by atoms with van der Waals surface area (Å²) >= 11 is 0. The number of nitrogens with zero attached hydrogens (tertiary/aromatic N) is 2. The Morgan fingerprint density at radius 1 is 1.00 bits per heavy atom. The number of amides is 1. The van der Waals surface area contributed by atoms with Crippen molar-refractivity contribution in [2.24, 2.45) is 0 Å². The van der Waals surface area contributed by atoms with Gasteiger partial charge in [-0.05, 0) is 45.2 Å². The second-order valence-electron chi connectivity index (χ2n) is 5.60. The molecule has 0 aliphatic carbocycles. The highest BCUT2D eigenvalue weighted by atomic mass is 16.4. The van der Waals surface area contributed by atoms with Crippen LogP contribution in [0.1, 0.15) is 44.9 Å². The zero-order valence-corrected chi connectivity index (χ0v) is 11.5. The van der Waals surface area contributed by atoms with Crippen molar-refractivity contribution in [2.45, 2.75) is 51.0 Å². The lowest BCUT2D eigenvalue weighted by Crippen LogP contribution is -2.45. The summed E-state index contributed by atoms with van der Waals surface area (Å²) in [6.45, 7) is 4.12. The number of carbonyl (C=O) groups excluding carboxylic acids is 1. The van der Waals surface area contributed by atoms with Gasteiger partial charge in [0.25, 0.3) is 0 Å². The largest absolute Gasteiger partial charge is 0.481 e. The number of carboxylic acids is 1. The molecule has 2 rings (SSSR count). The second kappa shape index (κ2) is 6.89. The van der Waals surface area contributed by atoms with Crippen LogP contribution >= 0.6 is 0 Å². The lowest BCUT2D eigenvalue weighted by molar-refractivity contribution is -0.137.